The first-order valence-corrected chi connectivity index (χ1v) is 7.29. The molecule has 0 aliphatic heterocycles. The van der Waals surface area contributed by atoms with E-state index in [-0.39, 0.29) is 5.56 Å². The van der Waals surface area contributed by atoms with Crippen molar-refractivity contribution in [1.29, 1.82) is 0 Å². The molecule has 0 fully saturated rings. The molecule has 0 saturated carbocycles. The summed E-state index contributed by atoms with van der Waals surface area (Å²) in [4.78, 5) is 11.8. The lowest BCUT2D eigenvalue weighted by atomic mass is 10.1. The van der Waals surface area contributed by atoms with Gasteiger partial charge >= 0.3 is 0 Å². The second kappa shape index (κ2) is 5.89. The van der Waals surface area contributed by atoms with Gasteiger partial charge in [-0.3, -0.25) is 4.79 Å². The number of aryl methyl sites for hydroxylation is 1. The third-order valence-corrected chi connectivity index (χ3v) is 3.52. The molecule has 2 heterocycles. The molecule has 5 nitrogen and oxygen atoms in total. The zero-order valence-corrected chi connectivity index (χ0v) is 12.4. The van der Waals surface area contributed by atoms with Crippen LogP contribution in [0.15, 0.2) is 59.8 Å². The van der Waals surface area contributed by atoms with Crippen molar-refractivity contribution in [2.45, 2.75) is 19.9 Å². The fourth-order valence-electron chi connectivity index (χ4n) is 2.36. The van der Waals surface area contributed by atoms with Gasteiger partial charge in [0.15, 0.2) is 0 Å². The fourth-order valence-corrected chi connectivity index (χ4v) is 2.36. The van der Waals surface area contributed by atoms with Crippen molar-refractivity contribution < 1.29 is 0 Å². The number of hydrogen-bond acceptors (Lipinski definition) is 3. The zero-order valence-electron chi connectivity index (χ0n) is 12.4. The minimum atomic E-state index is 0.0107. The Morgan fingerprint density at radius 1 is 1.05 bits per heavy atom. The van der Waals surface area contributed by atoms with Crippen LogP contribution < -0.4 is 11.3 Å². The highest BCUT2D eigenvalue weighted by molar-refractivity contribution is 5.64. The quantitative estimate of drug-likeness (QED) is 0.752. The van der Waals surface area contributed by atoms with Crippen LogP contribution in [0.2, 0.25) is 0 Å². The molecule has 2 aromatic heterocycles. The Morgan fingerprint density at radius 2 is 1.82 bits per heavy atom. The van der Waals surface area contributed by atoms with Gasteiger partial charge in [0, 0.05) is 36.3 Å². The second-order valence-electron chi connectivity index (χ2n) is 5.21. The highest BCUT2D eigenvalue weighted by atomic mass is 16.1. The summed E-state index contributed by atoms with van der Waals surface area (Å²) in [6.45, 7) is 2.75. The van der Waals surface area contributed by atoms with E-state index in [0.717, 1.165) is 28.9 Å². The van der Waals surface area contributed by atoms with Crippen LogP contribution in [0, 0.1) is 0 Å². The average Bonchev–Trinajstić information content (AvgIpc) is 3.00. The molecule has 1 aromatic carbocycles. The Kier molecular flexibility index (Phi) is 3.78. The minimum Gasteiger partial charge on any atom is -0.399 e. The molecule has 3 rings (SSSR count). The van der Waals surface area contributed by atoms with Gasteiger partial charge in [-0.1, -0.05) is 19.1 Å². The van der Waals surface area contributed by atoms with Crippen molar-refractivity contribution in [3.05, 3.63) is 65.3 Å². The third kappa shape index (κ3) is 2.79. The number of nitrogen functional groups attached to an aromatic ring is 1. The predicted octanol–water partition coefficient (Wildman–Crippen LogP) is 2.69. The van der Waals surface area contributed by atoms with E-state index in [0.29, 0.717) is 6.54 Å². The highest BCUT2D eigenvalue weighted by Gasteiger charge is 2.05. The molecule has 0 aliphatic rings. The third-order valence-electron chi connectivity index (χ3n) is 3.52. The molecule has 0 bridgehead atoms. The Hall–Kier alpha value is -2.82. The van der Waals surface area contributed by atoms with Gasteiger partial charge in [-0.15, -0.1) is 0 Å². The molecule has 22 heavy (non-hydrogen) atoms. The van der Waals surface area contributed by atoms with E-state index in [1.807, 2.05) is 43.6 Å². The standard InChI is InChI=1S/C17H18N4O/c1-2-9-20-12-16(7-8-17(20)22)21-11-14(10-19-21)13-3-5-15(18)6-4-13/h3-8,10-12H,2,9,18H2,1H3. The topological polar surface area (TPSA) is 65.8 Å². The summed E-state index contributed by atoms with van der Waals surface area (Å²) in [7, 11) is 0. The van der Waals surface area contributed by atoms with Gasteiger partial charge in [0.05, 0.1) is 11.9 Å². The lowest BCUT2D eigenvalue weighted by Crippen LogP contribution is -2.19. The van der Waals surface area contributed by atoms with Crippen LogP contribution in [0.25, 0.3) is 16.8 Å². The van der Waals surface area contributed by atoms with E-state index < -0.39 is 0 Å². The Labute approximate surface area is 128 Å². The SMILES string of the molecule is CCCn1cc(-n2cc(-c3ccc(N)cc3)cn2)ccc1=O. The Morgan fingerprint density at radius 3 is 2.55 bits per heavy atom. The molecule has 2 N–H and O–H groups in total. The van der Waals surface area contributed by atoms with E-state index in [1.54, 1.807) is 27.6 Å². The maximum atomic E-state index is 11.8. The first kappa shape index (κ1) is 14.1. The molecule has 112 valence electrons. The molecule has 0 radical (unpaired) electrons. The summed E-state index contributed by atoms with van der Waals surface area (Å²) < 4.78 is 3.48. The van der Waals surface area contributed by atoms with Gasteiger partial charge < -0.3 is 10.3 Å². The highest BCUT2D eigenvalue weighted by Crippen LogP contribution is 2.21. The minimum absolute atomic E-state index is 0.0107. The molecule has 0 unspecified atom stereocenters. The monoisotopic (exact) mass is 294 g/mol. The molecule has 0 amide bonds. The molecular formula is C17H18N4O. The lowest BCUT2D eigenvalue weighted by Gasteiger charge is -2.06. The van der Waals surface area contributed by atoms with Crippen molar-refractivity contribution in [2.24, 2.45) is 0 Å². The molecule has 0 atom stereocenters. The van der Waals surface area contributed by atoms with Crippen molar-refractivity contribution >= 4 is 5.69 Å². The molecule has 0 aliphatic carbocycles. The number of benzene rings is 1. The molecule has 0 saturated heterocycles. The van der Waals surface area contributed by atoms with E-state index in [1.165, 1.54) is 0 Å². The second-order valence-corrected chi connectivity index (χ2v) is 5.21. The van der Waals surface area contributed by atoms with Gasteiger partial charge in [-0.05, 0) is 30.2 Å². The van der Waals surface area contributed by atoms with Gasteiger partial charge in [0.2, 0.25) is 0 Å². The Balaban J connectivity index is 1.95. The van der Waals surface area contributed by atoms with Crippen molar-refractivity contribution in [3.8, 4) is 16.8 Å². The lowest BCUT2D eigenvalue weighted by molar-refractivity contribution is 0.648. The summed E-state index contributed by atoms with van der Waals surface area (Å²) in [5.41, 5.74) is 9.39. The van der Waals surface area contributed by atoms with Gasteiger partial charge in [0.25, 0.3) is 5.56 Å². The average molecular weight is 294 g/mol. The summed E-state index contributed by atoms with van der Waals surface area (Å²) in [6, 6.07) is 11.0. The van der Waals surface area contributed by atoms with E-state index in [2.05, 4.69) is 5.10 Å². The Bertz CT molecular complexity index is 830. The van der Waals surface area contributed by atoms with Crippen LogP contribution in [-0.4, -0.2) is 14.3 Å². The van der Waals surface area contributed by atoms with Crippen molar-refractivity contribution in [3.63, 3.8) is 0 Å². The summed E-state index contributed by atoms with van der Waals surface area (Å²) in [6.07, 6.45) is 6.51. The maximum absolute atomic E-state index is 11.8. The van der Waals surface area contributed by atoms with Crippen LogP contribution in [0.3, 0.4) is 0 Å². The van der Waals surface area contributed by atoms with E-state index in [9.17, 15) is 4.79 Å². The van der Waals surface area contributed by atoms with Crippen LogP contribution in [-0.2, 0) is 6.54 Å². The number of hydrogen-bond donors (Lipinski definition) is 1. The van der Waals surface area contributed by atoms with Crippen LogP contribution >= 0.6 is 0 Å². The van der Waals surface area contributed by atoms with Crippen LogP contribution in [0.1, 0.15) is 13.3 Å². The van der Waals surface area contributed by atoms with Gasteiger partial charge in [-0.2, -0.15) is 5.10 Å². The zero-order chi connectivity index (χ0) is 15.5. The molecule has 5 heteroatoms. The number of nitrogens with two attached hydrogens (primary N) is 1. The smallest absolute Gasteiger partial charge is 0.250 e. The van der Waals surface area contributed by atoms with Crippen molar-refractivity contribution in [1.82, 2.24) is 14.3 Å². The molecular weight excluding hydrogens is 276 g/mol. The first-order chi connectivity index (χ1) is 10.7. The van der Waals surface area contributed by atoms with Crippen LogP contribution in [0.5, 0.6) is 0 Å². The fraction of sp³-hybridized carbons (Fsp3) is 0.176. The summed E-state index contributed by atoms with van der Waals surface area (Å²) in [5, 5.41) is 4.39. The molecule has 3 aromatic rings. The largest absolute Gasteiger partial charge is 0.399 e. The normalized spacial score (nSPS) is 10.8. The first-order valence-electron chi connectivity index (χ1n) is 7.29. The summed E-state index contributed by atoms with van der Waals surface area (Å²) >= 11 is 0. The number of anilines is 1. The van der Waals surface area contributed by atoms with E-state index >= 15 is 0 Å². The number of rotatable bonds is 4. The summed E-state index contributed by atoms with van der Waals surface area (Å²) in [5.74, 6) is 0. The van der Waals surface area contributed by atoms with Gasteiger partial charge in [-0.25, -0.2) is 4.68 Å². The molecule has 0 spiro atoms. The van der Waals surface area contributed by atoms with Crippen molar-refractivity contribution in [2.75, 3.05) is 5.73 Å². The number of pyridine rings is 1. The number of aromatic nitrogens is 3. The predicted molar refractivity (Wildman–Crippen MR) is 88.0 cm³/mol. The number of nitrogens with zero attached hydrogens (tertiary/aromatic N) is 3. The maximum Gasteiger partial charge on any atom is 0.250 e. The van der Waals surface area contributed by atoms with Crippen LogP contribution in [0.4, 0.5) is 5.69 Å². The van der Waals surface area contributed by atoms with E-state index in [4.69, 9.17) is 5.73 Å². The van der Waals surface area contributed by atoms with Gasteiger partial charge in [0.1, 0.15) is 0 Å².